The maximum absolute atomic E-state index is 11.8. The third-order valence-corrected chi connectivity index (χ3v) is 2.73. The largest absolute Gasteiger partial charge is 0.378 e. The summed E-state index contributed by atoms with van der Waals surface area (Å²) in [6.07, 6.45) is 0.483. The van der Waals surface area contributed by atoms with E-state index in [1.165, 1.54) is 0 Å². The minimum Gasteiger partial charge on any atom is -0.378 e. The first kappa shape index (κ1) is 13.0. The van der Waals surface area contributed by atoms with Gasteiger partial charge in [-0.15, -0.1) is 0 Å². The molecule has 0 radical (unpaired) electrons. The van der Waals surface area contributed by atoms with Gasteiger partial charge in [0.2, 0.25) is 11.8 Å². The molecule has 7 heteroatoms. The van der Waals surface area contributed by atoms with Crippen molar-refractivity contribution in [2.24, 2.45) is 0 Å². The number of aryl methyl sites for hydroxylation is 1. The smallest absolute Gasteiger partial charge is 0.224 e. The molecule has 1 aromatic rings. The minimum atomic E-state index is 0.162. The van der Waals surface area contributed by atoms with Crippen LogP contribution < -0.4 is 5.32 Å². The van der Waals surface area contributed by atoms with E-state index in [0.717, 1.165) is 0 Å². The van der Waals surface area contributed by atoms with Gasteiger partial charge in [0.25, 0.3) is 0 Å². The summed E-state index contributed by atoms with van der Waals surface area (Å²) in [6.45, 7) is 5.56. The van der Waals surface area contributed by atoms with Gasteiger partial charge in [0.1, 0.15) is 0 Å². The van der Waals surface area contributed by atoms with Gasteiger partial charge >= 0.3 is 0 Å². The Morgan fingerprint density at radius 2 is 2.22 bits per heavy atom. The number of hydrogen-bond donors (Lipinski definition) is 1. The van der Waals surface area contributed by atoms with Crippen LogP contribution in [-0.4, -0.2) is 53.8 Å². The van der Waals surface area contributed by atoms with E-state index in [-0.39, 0.29) is 5.91 Å². The first-order chi connectivity index (χ1) is 8.75. The van der Waals surface area contributed by atoms with E-state index in [9.17, 15) is 4.79 Å². The predicted octanol–water partition coefficient (Wildman–Crippen LogP) is -0.283. The van der Waals surface area contributed by atoms with E-state index < -0.39 is 0 Å². The Balaban J connectivity index is 1.61. The summed E-state index contributed by atoms with van der Waals surface area (Å²) in [7, 11) is 0. The summed E-state index contributed by atoms with van der Waals surface area (Å²) < 4.78 is 10.0. The number of hydrogen-bond acceptors (Lipinski definition) is 6. The average Bonchev–Trinajstić information content (AvgIpc) is 2.81. The highest BCUT2D eigenvalue weighted by Crippen LogP contribution is 2.00. The second-order valence-electron chi connectivity index (χ2n) is 4.15. The fourth-order valence-corrected chi connectivity index (χ4v) is 1.78. The van der Waals surface area contributed by atoms with Crippen LogP contribution in [0.25, 0.3) is 0 Å². The Morgan fingerprint density at radius 3 is 2.89 bits per heavy atom. The number of amides is 1. The van der Waals surface area contributed by atoms with Gasteiger partial charge in [0, 0.05) is 33.0 Å². The molecule has 1 saturated heterocycles. The maximum Gasteiger partial charge on any atom is 0.224 e. The Bertz CT molecular complexity index is 387. The molecule has 7 nitrogen and oxygen atoms in total. The highest BCUT2D eigenvalue weighted by Gasteiger charge is 2.15. The third-order valence-electron chi connectivity index (χ3n) is 2.73. The van der Waals surface area contributed by atoms with Crippen molar-refractivity contribution in [2.45, 2.75) is 19.9 Å². The Morgan fingerprint density at radius 1 is 1.44 bits per heavy atom. The van der Waals surface area contributed by atoms with Gasteiger partial charge in [-0.2, -0.15) is 4.98 Å². The van der Waals surface area contributed by atoms with Crippen molar-refractivity contribution in [1.29, 1.82) is 0 Å². The van der Waals surface area contributed by atoms with Crippen molar-refractivity contribution in [3.8, 4) is 0 Å². The van der Waals surface area contributed by atoms with Crippen molar-refractivity contribution < 1.29 is 14.1 Å². The molecule has 2 heterocycles. The number of morpholine rings is 1. The molecule has 18 heavy (non-hydrogen) atoms. The third kappa shape index (κ3) is 3.78. The van der Waals surface area contributed by atoms with E-state index in [0.29, 0.717) is 57.5 Å². The van der Waals surface area contributed by atoms with Crippen LogP contribution in [0.4, 0.5) is 0 Å². The van der Waals surface area contributed by atoms with Crippen LogP contribution in [0.5, 0.6) is 0 Å². The van der Waals surface area contributed by atoms with Crippen LogP contribution >= 0.6 is 0 Å². The van der Waals surface area contributed by atoms with Gasteiger partial charge in [0.05, 0.1) is 19.8 Å². The molecule has 2 rings (SSSR count). The fraction of sp³-hybridized carbons (Fsp3) is 0.727. The molecule has 0 spiro atoms. The number of carbonyl (C=O) groups is 1. The van der Waals surface area contributed by atoms with Crippen molar-refractivity contribution in [1.82, 2.24) is 20.4 Å². The lowest BCUT2D eigenvalue weighted by Crippen LogP contribution is -2.41. The van der Waals surface area contributed by atoms with Crippen LogP contribution in [0, 0.1) is 6.92 Å². The van der Waals surface area contributed by atoms with E-state index in [4.69, 9.17) is 9.26 Å². The molecule has 0 unspecified atom stereocenters. The lowest BCUT2D eigenvalue weighted by Gasteiger charge is -2.26. The number of nitrogens with zero attached hydrogens (tertiary/aromatic N) is 3. The predicted molar refractivity (Wildman–Crippen MR) is 62.8 cm³/mol. The normalized spacial score (nSPS) is 15.9. The van der Waals surface area contributed by atoms with Gasteiger partial charge in [-0.1, -0.05) is 5.16 Å². The quantitative estimate of drug-likeness (QED) is 0.728. The first-order valence-electron chi connectivity index (χ1n) is 6.11. The van der Waals surface area contributed by atoms with Crippen LogP contribution in [-0.2, 0) is 16.1 Å². The molecule has 1 N–H and O–H groups in total. The molecule has 0 aliphatic carbocycles. The Labute approximate surface area is 105 Å². The SMILES string of the molecule is Cc1nc(CNCCC(=O)N2CCOCC2)no1. The molecule has 1 aliphatic rings. The summed E-state index contributed by atoms with van der Waals surface area (Å²) in [4.78, 5) is 17.7. The molecule has 1 amide bonds. The summed E-state index contributed by atoms with van der Waals surface area (Å²) in [6, 6.07) is 0. The van der Waals surface area contributed by atoms with Crippen LogP contribution in [0.2, 0.25) is 0 Å². The molecule has 1 aromatic heterocycles. The Hall–Kier alpha value is -1.47. The molecule has 1 aliphatic heterocycles. The highest BCUT2D eigenvalue weighted by atomic mass is 16.5. The molecule has 0 aromatic carbocycles. The van der Waals surface area contributed by atoms with Crippen molar-refractivity contribution in [3.05, 3.63) is 11.7 Å². The number of aromatic nitrogens is 2. The average molecular weight is 254 g/mol. The topological polar surface area (TPSA) is 80.5 Å². The van der Waals surface area contributed by atoms with E-state index in [1.807, 2.05) is 4.90 Å². The Kier molecular flexibility index (Phi) is 4.66. The molecule has 0 bridgehead atoms. The standard InChI is InChI=1S/C11H18N4O3/c1-9-13-10(14-18-9)8-12-3-2-11(16)15-4-6-17-7-5-15/h12H,2-8H2,1H3. The second kappa shape index (κ2) is 6.46. The number of carbonyl (C=O) groups excluding carboxylic acids is 1. The van der Waals surface area contributed by atoms with E-state index in [2.05, 4.69) is 15.5 Å². The van der Waals surface area contributed by atoms with Crippen LogP contribution in [0.15, 0.2) is 4.52 Å². The first-order valence-corrected chi connectivity index (χ1v) is 6.11. The van der Waals surface area contributed by atoms with Gasteiger partial charge in [-0.05, 0) is 0 Å². The molecule has 1 fully saturated rings. The maximum atomic E-state index is 11.8. The van der Waals surface area contributed by atoms with Gasteiger partial charge in [-0.25, -0.2) is 0 Å². The molecular formula is C11H18N4O3. The molecule has 100 valence electrons. The zero-order valence-corrected chi connectivity index (χ0v) is 10.5. The lowest BCUT2D eigenvalue weighted by molar-refractivity contribution is -0.135. The van der Waals surface area contributed by atoms with Crippen molar-refractivity contribution in [3.63, 3.8) is 0 Å². The zero-order chi connectivity index (χ0) is 12.8. The monoisotopic (exact) mass is 254 g/mol. The summed E-state index contributed by atoms with van der Waals surface area (Å²) in [5, 5.41) is 6.88. The van der Waals surface area contributed by atoms with Crippen molar-refractivity contribution >= 4 is 5.91 Å². The van der Waals surface area contributed by atoms with Gasteiger partial charge in [-0.3, -0.25) is 4.79 Å². The number of rotatable bonds is 5. The molecular weight excluding hydrogens is 236 g/mol. The highest BCUT2D eigenvalue weighted by molar-refractivity contribution is 5.76. The number of nitrogens with one attached hydrogen (secondary N) is 1. The zero-order valence-electron chi connectivity index (χ0n) is 10.5. The molecule has 0 saturated carbocycles. The number of ether oxygens (including phenoxy) is 1. The molecule has 0 atom stereocenters. The lowest BCUT2D eigenvalue weighted by atomic mass is 10.3. The summed E-state index contributed by atoms with van der Waals surface area (Å²) >= 11 is 0. The minimum absolute atomic E-state index is 0.162. The summed E-state index contributed by atoms with van der Waals surface area (Å²) in [5.74, 6) is 1.33. The summed E-state index contributed by atoms with van der Waals surface area (Å²) in [5.41, 5.74) is 0. The van der Waals surface area contributed by atoms with E-state index in [1.54, 1.807) is 6.92 Å². The van der Waals surface area contributed by atoms with Gasteiger partial charge < -0.3 is 19.5 Å². The van der Waals surface area contributed by atoms with E-state index >= 15 is 0 Å². The van der Waals surface area contributed by atoms with Crippen molar-refractivity contribution in [2.75, 3.05) is 32.8 Å². The second-order valence-corrected chi connectivity index (χ2v) is 4.15. The fourth-order valence-electron chi connectivity index (χ4n) is 1.78. The van der Waals surface area contributed by atoms with Gasteiger partial charge in [0.15, 0.2) is 5.82 Å². The van der Waals surface area contributed by atoms with Crippen LogP contribution in [0.1, 0.15) is 18.1 Å². The van der Waals surface area contributed by atoms with Crippen LogP contribution in [0.3, 0.4) is 0 Å².